The number of sulfonamides is 1. The third-order valence-corrected chi connectivity index (χ3v) is 5.93. The van der Waals surface area contributed by atoms with Gasteiger partial charge in [0.15, 0.2) is 0 Å². The molecule has 0 aromatic heterocycles. The highest BCUT2D eigenvalue weighted by molar-refractivity contribution is 9.09. The lowest BCUT2D eigenvalue weighted by Crippen LogP contribution is -2.42. The Hall–Kier alpha value is -0.530. The Labute approximate surface area is 125 Å². The highest BCUT2D eigenvalue weighted by atomic mass is 79.9. The molecule has 1 saturated carbocycles. The molecule has 1 N–H and O–H groups in total. The number of rotatable bonds is 4. The number of hydrogen-bond donors (Lipinski definition) is 1. The van der Waals surface area contributed by atoms with Crippen molar-refractivity contribution in [1.29, 1.82) is 0 Å². The molecule has 0 aliphatic heterocycles. The van der Waals surface area contributed by atoms with Crippen LogP contribution in [-0.4, -0.2) is 19.8 Å². The molecule has 0 bridgehead atoms. The summed E-state index contributed by atoms with van der Waals surface area (Å²) in [4.78, 5) is -0.628. The second-order valence-electron chi connectivity index (χ2n) is 5.00. The van der Waals surface area contributed by atoms with Gasteiger partial charge in [0.05, 0.1) is 0 Å². The van der Waals surface area contributed by atoms with E-state index < -0.39 is 26.6 Å². The number of hydrogen-bond acceptors (Lipinski definition) is 2. The Morgan fingerprint density at radius 2 is 1.95 bits per heavy atom. The Morgan fingerprint density at radius 3 is 2.65 bits per heavy atom. The van der Waals surface area contributed by atoms with E-state index in [2.05, 4.69) is 20.7 Å². The first-order valence-corrected chi connectivity index (χ1v) is 9.08. The van der Waals surface area contributed by atoms with Crippen LogP contribution in [0.3, 0.4) is 0 Å². The lowest BCUT2D eigenvalue weighted by atomic mass is 9.87. The van der Waals surface area contributed by atoms with Gasteiger partial charge in [0.25, 0.3) is 0 Å². The number of nitrogens with one attached hydrogen (secondary N) is 1. The van der Waals surface area contributed by atoms with E-state index in [1.165, 1.54) is 0 Å². The summed E-state index contributed by atoms with van der Waals surface area (Å²) in [5.74, 6) is -1.53. The fourth-order valence-corrected chi connectivity index (χ4v) is 4.70. The van der Waals surface area contributed by atoms with E-state index in [0.717, 1.165) is 31.4 Å². The van der Waals surface area contributed by atoms with Crippen molar-refractivity contribution in [2.45, 2.75) is 36.6 Å². The molecule has 1 fully saturated rings. The van der Waals surface area contributed by atoms with Gasteiger partial charge in [0, 0.05) is 11.4 Å². The van der Waals surface area contributed by atoms with Crippen LogP contribution < -0.4 is 4.72 Å². The van der Waals surface area contributed by atoms with Gasteiger partial charge in [-0.25, -0.2) is 21.9 Å². The molecule has 0 saturated heterocycles. The number of alkyl halides is 1. The minimum atomic E-state index is -4.04. The van der Waals surface area contributed by atoms with E-state index in [9.17, 15) is 17.2 Å². The van der Waals surface area contributed by atoms with Crippen molar-refractivity contribution in [1.82, 2.24) is 4.72 Å². The van der Waals surface area contributed by atoms with E-state index in [1.807, 2.05) is 0 Å². The Morgan fingerprint density at radius 1 is 1.25 bits per heavy atom. The zero-order chi connectivity index (χ0) is 14.8. The first-order chi connectivity index (χ1) is 9.44. The lowest BCUT2D eigenvalue weighted by Gasteiger charge is -2.30. The van der Waals surface area contributed by atoms with Crippen LogP contribution >= 0.6 is 15.9 Å². The molecule has 0 radical (unpaired) electrons. The zero-order valence-electron chi connectivity index (χ0n) is 10.8. The van der Waals surface area contributed by atoms with Crippen LogP contribution in [0.1, 0.15) is 25.7 Å². The smallest absolute Gasteiger partial charge is 0.208 e. The van der Waals surface area contributed by atoms with Gasteiger partial charge in [0.2, 0.25) is 10.0 Å². The monoisotopic (exact) mass is 367 g/mol. The molecule has 0 spiro atoms. The second-order valence-corrected chi connectivity index (χ2v) is 7.33. The van der Waals surface area contributed by atoms with E-state index in [0.29, 0.717) is 17.8 Å². The van der Waals surface area contributed by atoms with Crippen LogP contribution in [0.25, 0.3) is 0 Å². The van der Waals surface area contributed by atoms with Crippen molar-refractivity contribution < 1.29 is 17.2 Å². The van der Waals surface area contributed by atoms with Crippen LogP contribution in [0.4, 0.5) is 8.78 Å². The SMILES string of the molecule is O=S(=O)(NC1CCCCC1CBr)c1cc(F)ccc1F. The molecule has 3 nitrogen and oxygen atoms in total. The van der Waals surface area contributed by atoms with E-state index >= 15 is 0 Å². The lowest BCUT2D eigenvalue weighted by molar-refractivity contribution is 0.316. The zero-order valence-corrected chi connectivity index (χ0v) is 13.2. The minimum Gasteiger partial charge on any atom is -0.208 e. The molecule has 7 heteroatoms. The highest BCUT2D eigenvalue weighted by Gasteiger charge is 2.30. The summed E-state index contributed by atoms with van der Waals surface area (Å²) < 4.78 is 53.7. The molecular weight excluding hydrogens is 352 g/mol. The van der Waals surface area contributed by atoms with Gasteiger partial charge < -0.3 is 0 Å². The molecule has 1 aliphatic rings. The van der Waals surface area contributed by atoms with Gasteiger partial charge in [-0.05, 0) is 37.0 Å². The van der Waals surface area contributed by atoms with E-state index in [-0.39, 0.29) is 12.0 Å². The summed E-state index contributed by atoms with van der Waals surface area (Å²) in [6, 6.07) is 2.20. The largest absolute Gasteiger partial charge is 0.243 e. The quantitative estimate of drug-likeness (QED) is 0.830. The summed E-state index contributed by atoms with van der Waals surface area (Å²) in [5.41, 5.74) is 0. The highest BCUT2D eigenvalue weighted by Crippen LogP contribution is 2.27. The van der Waals surface area contributed by atoms with Crippen molar-refractivity contribution in [2.75, 3.05) is 5.33 Å². The molecule has 0 heterocycles. The van der Waals surface area contributed by atoms with Gasteiger partial charge >= 0.3 is 0 Å². The van der Waals surface area contributed by atoms with Crippen LogP contribution in [0.5, 0.6) is 0 Å². The molecule has 112 valence electrons. The van der Waals surface area contributed by atoms with Crippen molar-refractivity contribution >= 4 is 26.0 Å². The summed E-state index contributed by atoms with van der Waals surface area (Å²) in [7, 11) is -4.04. The Balaban J connectivity index is 2.24. The summed E-state index contributed by atoms with van der Waals surface area (Å²) in [6.07, 6.45) is 3.63. The van der Waals surface area contributed by atoms with Gasteiger partial charge in [0.1, 0.15) is 16.5 Å². The normalized spacial score (nSPS) is 23.8. The molecule has 1 aliphatic carbocycles. The minimum absolute atomic E-state index is 0.176. The first kappa shape index (κ1) is 15.9. The van der Waals surface area contributed by atoms with Gasteiger partial charge in [-0.1, -0.05) is 28.8 Å². The number of halogens is 3. The molecule has 20 heavy (non-hydrogen) atoms. The third kappa shape index (κ3) is 3.56. The summed E-state index contributed by atoms with van der Waals surface area (Å²) in [5, 5.41) is 0.686. The molecule has 2 unspecified atom stereocenters. The maximum absolute atomic E-state index is 13.6. The topological polar surface area (TPSA) is 46.2 Å². The molecular formula is C13H16BrF2NO2S. The Bertz CT molecular complexity index is 580. The van der Waals surface area contributed by atoms with E-state index in [1.54, 1.807) is 0 Å². The summed E-state index contributed by atoms with van der Waals surface area (Å²) >= 11 is 3.37. The summed E-state index contributed by atoms with van der Waals surface area (Å²) in [6.45, 7) is 0. The molecule has 1 aromatic rings. The van der Waals surface area contributed by atoms with Crippen LogP contribution in [0.15, 0.2) is 23.1 Å². The standard InChI is InChI=1S/C13H16BrF2NO2S/c14-8-9-3-1-2-4-12(9)17-20(18,19)13-7-10(15)5-6-11(13)16/h5-7,9,12,17H,1-4,8H2. The van der Waals surface area contributed by atoms with Crippen molar-refractivity contribution in [2.24, 2.45) is 5.92 Å². The average molecular weight is 368 g/mol. The van der Waals surface area contributed by atoms with Gasteiger partial charge in [-0.3, -0.25) is 0 Å². The van der Waals surface area contributed by atoms with Crippen LogP contribution in [0.2, 0.25) is 0 Å². The second kappa shape index (κ2) is 6.49. The average Bonchev–Trinajstić information content (AvgIpc) is 2.41. The molecule has 2 atom stereocenters. The Kier molecular flexibility index (Phi) is 5.14. The molecule has 2 rings (SSSR count). The molecule has 1 aromatic carbocycles. The van der Waals surface area contributed by atoms with Crippen LogP contribution in [-0.2, 0) is 10.0 Å². The fraction of sp³-hybridized carbons (Fsp3) is 0.538. The van der Waals surface area contributed by atoms with Crippen molar-refractivity contribution in [3.05, 3.63) is 29.8 Å². The van der Waals surface area contributed by atoms with Gasteiger partial charge in [-0.2, -0.15) is 0 Å². The maximum atomic E-state index is 13.6. The first-order valence-electron chi connectivity index (χ1n) is 6.47. The van der Waals surface area contributed by atoms with E-state index in [4.69, 9.17) is 0 Å². The number of benzene rings is 1. The predicted octanol–water partition coefficient (Wildman–Crippen LogP) is 3.20. The van der Waals surface area contributed by atoms with Crippen molar-refractivity contribution in [3.63, 3.8) is 0 Å². The van der Waals surface area contributed by atoms with Crippen molar-refractivity contribution in [3.8, 4) is 0 Å². The fourth-order valence-electron chi connectivity index (χ4n) is 2.49. The molecule has 0 amide bonds. The third-order valence-electron chi connectivity index (χ3n) is 3.60. The predicted molar refractivity (Wildman–Crippen MR) is 76.2 cm³/mol. The van der Waals surface area contributed by atoms with Gasteiger partial charge in [-0.15, -0.1) is 0 Å². The maximum Gasteiger partial charge on any atom is 0.243 e. The van der Waals surface area contributed by atoms with Crippen LogP contribution in [0, 0.1) is 17.6 Å².